The van der Waals surface area contributed by atoms with E-state index in [-0.39, 0.29) is 18.2 Å². The minimum Gasteiger partial charge on any atom is -0.460 e. The van der Waals surface area contributed by atoms with Gasteiger partial charge in [0.25, 0.3) is 5.56 Å². The lowest BCUT2D eigenvalue weighted by atomic mass is 10.2. The second-order valence-electron chi connectivity index (χ2n) is 5.67. The molecule has 0 radical (unpaired) electrons. The number of aryl methyl sites for hydroxylation is 1. The van der Waals surface area contributed by atoms with Crippen molar-refractivity contribution in [2.45, 2.75) is 19.4 Å². The number of hydrogen-bond acceptors (Lipinski definition) is 6. The topological polar surface area (TPSA) is 82.8 Å². The van der Waals surface area contributed by atoms with Crippen LogP contribution in [0.3, 0.4) is 0 Å². The molecule has 3 aromatic rings. The van der Waals surface area contributed by atoms with Crippen molar-refractivity contribution in [3.63, 3.8) is 0 Å². The number of halogens is 1. The van der Waals surface area contributed by atoms with Crippen LogP contribution in [0.25, 0.3) is 11.3 Å². The summed E-state index contributed by atoms with van der Waals surface area (Å²) in [5, 5.41) is 4.36. The molecule has 0 spiro atoms. The van der Waals surface area contributed by atoms with Crippen molar-refractivity contribution in [3.8, 4) is 17.3 Å². The van der Waals surface area contributed by atoms with Gasteiger partial charge in [0.2, 0.25) is 0 Å². The second kappa shape index (κ2) is 8.10. The van der Waals surface area contributed by atoms with Gasteiger partial charge in [0.05, 0.1) is 12.2 Å². The molecule has 3 aromatic heterocycles. The Balaban J connectivity index is 1.81. The fourth-order valence-electron chi connectivity index (χ4n) is 2.27. The fraction of sp³-hybridized carbons (Fsp3) is 0.235. The van der Waals surface area contributed by atoms with Crippen molar-refractivity contribution in [2.75, 3.05) is 6.61 Å². The van der Waals surface area contributed by atoms with E-state index in [1.165, 1.54) is 23.1 Å². The number of alkyl halides is 1. The number of nitrogens with zero attached hydrogens (tertiary/aromatic N) is 5. The second-order valence-corrected chi connectivity index (χ2v) is 6.39. The molecule has 2 atom stereocenters. The highest BCUT2D eigenvalue weighted by Crippen LogP contribution is 2.15. The zero-order chi connectivity index (χ0) is 18.5. The van der Waals surface area contributed by atoms with Crippen LogP contribution in [0.1, 0.15) is 11.1 Å². The number of rotatable bonds is 6. The third-order valence-corrected chi connectivity index (χ3v) is 3.62. The maximum Gasteiger partial charge on any atom is 0.316 e. The van der Waals surface area contributed by atoms with Crippen LogP contribution in [-0.2, 0) is 6.54 Å². The standard InChI is InChI=1S/C17H17FN5O2P/c1-11-4-12(6-19-5-11)9-23-16(24)3-2-14(22-23)13-7-20-17(21-8-13)25-10-15(18)26/h2-8,15H,9-10,26H2,1H3. The average Bonchev–Trinajstić information content (AvgIpc) is 2.62. The molecule has 0 aliphatic carbocycles. The molecule has 2 unspecified atom stereocenters. The van der Waals surface area contributed by atoms with E-state index < -0.39 is 5.91 Å². The number of aromatic nitrogens is 5. The minimum absolute atomic E-state index is 0.0815. The molecule has 134 valence electrons. The maximum atomic E-state index is 12.8. The van der Waals surface area contributed by atoms with Gasteiger partial charge in [-0.15, -0.1) is 0 Å². The molecule has 0 aliphatic heterocycles. The molecular formula is C17H17FN5O2P. The number of ether oxygens (including phenoxy) is 1. The van der Waals surface area contributed by atoms with Gasteiger partial charge in [-0.1, -0.05) is 15.3 Å². The predicted octanol–water partition coefficient (Wildman–Crippen LogP) is 2.00. The van der Waals surface area contributed by atoms with Crippen molar-refractivity contribution in [1.29, 1.82) is 0 Å². The summed E-state index contributed by atoms with van der Waals surface area (Å²) in [5.74, 6) is -1.18. The number of pyridine rings is 1. The van der Waals surface area contributed by atoms with E-state index in [0.29, 0.717) is 17.8 Å². The van der Waals surface area contributed by atoms with Gasteiger partial charge in [-0.3, -0.25) is 9.78 Å². The molecule has 9 heteroatoms. The monoisotopic (exact) mass is 373 g/mol. The third-order valence-electron chi connectivity index (χ3n) is 3.43. The van der Waals surface area contributed by atoms with E-state index in [1.807, 2.05) is 22.2 Å². The molecule has 0 saturated carbocycles. The normalized spacial score (nSPS) is 12.0. The van der Waals surface area contributed by atoms with E-state index in [0.717, 1.165) is 11.1 Å². The largest absolute Gasteiger partial charge is 0.460 e. The van der Waals surface area contributed by atoms with Gasteiger partial charge in [0.15, 0.2) is 0 Å². The third kappa shape index (κ3) is 4.67. The zero-order valence-electron chi connectivity index (χ0n) is 14.0. The highest BCUT2D eigenvalue weighted by molar-refractivity contribution is 7.17. The highest BCUT2D eigenvalue weighted by Gasteiger charge is 2.08. The molecule has 0 fully saturated rings. The molecule has 7 nitrogen and oxygen atoms in total. The highest BCUT2D eigenvalue weighted by atomic mass is 31.0. The Kier molecular flexibility index (Phi) is 5.63. The van der Waals surface area contributed by atoms with Crippen molar-refractivity contribution in [2.24, 2.45) is 0 Å². The summed E-state index contributed by atoms with van der Waals surface area (Å²) in [4.78, 5) is 24.3. The predicted molar refractivity (Wildman–Crippen MR) is 97.7 cm³/mol. The quantitative estimate of drug-likeness (QED) is 0.615. The van der Waals surface area contributed by atoms with Gasteiger partial charge in [0.1, 0.15) is 12.5 Å². The van der Waals surface area contributed by atoms with E-state index >= 15 is 0 Å². The van der Waals surface area contributed by atoms with E-state index in [4.69, 9.17) is 4.74 Å². The van der Waals surface area contributed by atoms with Crippen molar-refractivity contribution < 1.29 is 9.13 Å². The molecule has 0 amide bonds. The minimum atomic E-state index is -1.18. The lowest BCUT2D eigenvalue weighted by molar-refractivity contribution is 0.237. The van der Waals surface area contributed by atoms with Crippen LogP contribution in [0.4, 0.5) is 4.39 Å². The first kappa shape index (κ1) is 18.1. The molecule has 0 aromatic carbocycles. The Bertz CT molecular complexity index is 946. The maximum absolute atomic E-state index is 12.8. The summed E-state index contributed by atoms with van der Waals surface area (Å²) in [6.45, 7) is 2.11. The van der Waals surface area contributed by atoms with Crippen molar-refractivity contribution in [3.05, 3.63) is 64.5 Å². The average molecular weight is 373 g/mol. The molecule has 0 bridgehead atoms. The van der Waals surface area contributed by atoms with Crippen LogP contribution in [0, 0.1) is 6.92 Å². The van der Waals surface area contributed by atoms with Crippen LogP contribution in [0.5, 0.6) is 6.01 Å². The van der Waals surface area contributed by atoms with E-state index in [1.54, 1.807) is 18.5 Å². The van der Waals surface area contributed by atoms with Gasteiger partial charge < -0.3 is 4.74 Å². The molecule has 0 N–H and O–H groups in total. The molecule has 3 heterocycles. The summed E-state index contributed by atoms with van der Waals surface area (Å²) in [7, 11) is 1.99. The van der Waals surface area contributed by atoms with Crippen LogP contribution in [0.2, 0.25) is 0 Å². The van der Waals surface area contributed by atoms with Crippen LogP contribution < -0.4 is 10.3 Å². The van der Waals surface area contributed by atoms with Gasteiger partial charge in [-0.05, 0) is 24.1 Å². The lowest BCUT2D eigenvalue weighted by Crippen LogP contribution is -2.23. The molecule has 0 saturated heterocycles. The SMILES string of the molecule is Cc1cncc(Cn2nc(-c3cnc(OCC(F)P)nc3)ccc2=O)c1. The smallest absolute Gasteiger partial charge is 0.316 e. The van der Waals surface area contributed by atoms with Gasteiger partial charge in [0, 0.05) is 36.4 Å². The first-order chi connectivity index (χ1) is 12.5. The van der Waals surface area contributed by atoms with Gasteiger partial charge in [-0.2, -0.15) is 5.10 Å². The van der Waals surface area contributed by atoms with Crippen molar-refractivity contribution in [1.82, 2.24) is 24.7 Å². The summed E-state index contributed by atoms with van der Waals surface area (Å²) in [6, 6.07) is 5.08. The summed E-state index contributed by atoms with van der Waals surface area (Å²) >= 11 is 0. The zero-order valence-corrected chi connectivity index (χ0v) is 15.2. The molecule has 3 rings (SSSR count). The molecule has 26 heavy (non-hydrogen) atoms. The Morgan fingerprint density at radius 1 is 1.23 bits per heavy atom. The van der Waals surface area contributed by atoms with Gasteiger partial charge in [-0.25, -0.2) is 19.0 Å². The Hall–Kier alpha value is -2.73. The number of hydrogen-bond donors (Lipinski definition) is 0. The summed E-state index contributed by atoms with van der Waals surface area (Å²) in [6.07, 6.45) is 6.49. The Labute approximate surface area is 151 Å². The van der Waals surface area contributed by atoms with E-state index in [2.05, 4.69) is 20.1 Å². The molecule has 0 aliphatic rings. The summed E-state index contributed by atoms with van der Waals surface area (Å²) in [5.41, 5.74) is 2.85. The first-order valence-corrected chi connectivity index (χ1v) is 8.51. The van der Waals surface area contributed by atoms with Crippen LogP contribution in [-0.4, -0.2) is 37.3 Å². The summed E-state index contributed by atoms with van der Waals surface area (Å²) < 4.78 is 19.2. The Morgan fingerprint density at radius 3 is 2.69 bits per heavy atom. The first-order valence-electron chi connectivity index (χ1n) is 7.85. The van der Waals surface area contributed by atoms with Crippen molar-refractivity contribution >= 4 is 9.24 Å². The van der Waals surface area contributed by atoms with Gasteiger partial charge >= 0.3 is 6.01 Å². The lowest BCUT2D eigenvalue weighted by Gasteiger charge is -2.08. The van der Waals surface area contributed by atoms with E-state index in [9.17, 15) is 9.18 Å². The van der Waals surface area contributed by atoms with Crippen LogP contribution >= 0.6 is 9.24 Å². The fourth-order valence-corrected chi connectivity index (χ4v) is 2.37. The Morgan fingerprint density at radius 2 is 2.00 bits per heavy atom. The molecular weight excluding hydrogens is 356 g/mol. The van der Waals surface area contributed by atoms with Crippen LogP contribution in [0.15, 0.2) is 47.8 Å².